The molecule has 0 bridgehead atoms. The summed E-state index contributed by atoms with van der Waals surface area (Å²) < 4.78 is 1.20. The topological polar surface area (TPSA) is 71.3 Å². The molecule has 7 heteroatoms. The van der Waals surface area contributed by atoms with Gasteiger partial charge in [-0.2, -0.15) is 0 Å². The SMILES string of the molecule is Cn1ccc(C(=O)NCCCc2ccc(Cl)c(Cl)c2)c(O)c1=O. The van der Waals surface area contributed by atoms with Crippen molar-refractivity contribution in [2.45, 2.75) is 12.8 Å². The minimum atomic E-state index is -0.603. The quantitative estimate of drug-likeness (QED) is 0.811. The highest BCUT2D eigenvalue weighted by molar-refractivity contribution is 6.42. The number of halogens is 2. The third-order valence-corrected chi connectivity index (χ3v) is 4.14. The Morgan fingerprint density at radius 3 is 2.70 bits per heavy atom. The van der Waals surface area contributed by atoms with Gasteiger partial charge in [0.1, 0.15) is 0 Å². The van der Waals surface area contributed by atoms with Crippen LogP contribution in [0.25, 0.3) is 0 Å². The van der Waals surface area contributed by atoms with Gasteiger partial charge < -0.3 is 15.0 Å². The van der Waals surface area contributed by atoms with Crippen molar-refractivity contribution >= 4 is 29.1 Å². The number of pyridine rings is 1. The molecule has 0 saturated heterocycles. The fourth-order valence-electron chi connectivity index (χ4n) is 2.08. The molecular weight excluding hydrogens is 339 g/mol. The molecule has 0 fully saturated rings. The molecule has 122 valence electrons. The molecule has 1 amide bonds. The summed E-state index contributed by atoms with van der Waals surface area (Å²) in [6, 6.07) is 6.81. The number of carbonyl (C=O) groups excluding carboxylic acids is 1. The fourth-order valence-corrected chi connectivity index (χ4v) is 2.40. The third-order valence-electron chi connectivity index (χ3n) is 3.40. The second-order valence-electron chi connectivity index (χ2n) is 5.10. The van der Waals surface area contributed by atoms with E-state index in [0.29, 0.717) is 23.0 Å². The van der Waals surface area contributed by atoms with Crippen LogP contribution in [0.3, 0.4) is 0 Å². The van der Waals surface area contributed by atoms with Crippen LogP contribution in [0.15, 0.2) is 35.3 Å². The Kier molecular flexibility index (Phi) is 5.69. The van der Waals surface area contributed by atoms with E-state index in [1.165, 1.54) is 23.9 Å². The number of nitrogens with one attached hydrogen (secondary N) is 1. The summed E-state index contributed by atoms with van der Waals surface area (Å²) in [5.41, 5.74) is 0.390. The van der Waals surface area contributed by atoms with Crippen molar-refractivity contribution in [1.29, 1.82) is 0 Å². The van der Waals surface area contributed by atoms with Crippen LogP contribution in [0.4, 0.5) is 0 Å². The van der Waals surface area contributed by atoms with E-state index >= 15 is 0 Å². The largest absolute Gasteiger partial charge is 0.502 e. The van der Waals surface area contributed by atoms with Gasteiger partial charge in [-0.15, -0.1) is 0 Å². The van der Waals surface area contributed by atoms with E-state index < -0.39 is 17.2 Å². The summed E-state index contributed by atoms with van der Waals surface area (Å²) in [6.07, 6.45) is 2.85. The maximum absolute atomic E-state index is 12.0. The lowest BCUT2D eigenvalue weighted by atomic mass is 10.1. The number of nitrogens with zero attached hydrogens (tertiary/aromatic N) is 1. The first kappa shape index (κ1) is 17.4. The first-order valence-corrected chi connectivity index (χ1v) is 7.76. The fraction of sp³-hybridized carbons (Fsp3) is 0.250. The summed E-state index contributed by atoms with van der Waals surface area (Å²) in [5.74, 6) is -1.02. The van der Waals surface area contributed by atoms with Crippen molar-refractivity contribution in [1.82, 2.24) is 9.88 Å². The molecule has 23 heavy (non-hydrogen) atoms. The number of aromatic hydroxyl groups is 1. The molecule has 0 saturated carbocycles. The number of benzene rings is 1. The van der Waals surface area contributed by atoms with Crippen LogP contribution in [-0.2, 0) is 13.5 Å². The van der Waals surface area contributed by atoms with Crippen molar-refractivity contribution in [2.24, 2.45) is 7.05 Å². The zero-order valence-corrected chi connectivity index (χ0v) is 14.0. The van der Waals surface area contributed by atoms with Crippen molar-refractivity contribution < 1.29 is 9.90 Å². The Hall–Kier alpha value is -1.98. The van der Waals surface area contributed by atoms with Crippen LogP contribution in [0.1, 0.15) is 22.3 Å². The summed E-state index contributed by atoms with van der Waals surface area (Å²) in [4.78, 5) is 23.6. The number of carbonyl (C=O) groups is 1. The Morgan fingerprint density at radius 1 is 1.26 bits per heavy atom. The standard InChI is InChI=1S/C16H16Cl2N2O3/c1-20-8-6-11(14(21)16(20)23)15(22)19-7-2-3-10-4-5-12(17)13(18)9-10/h4-6,8-9,21H,2-3,7H2,1H3,(H,19,22). The Bertz CT molecular complexity index is 787. The molecule has 1 heterocycles. The van der Waals surface area contributed by atoms with E-state index in [0.717, 1.165) is 12.0 Å². The molecule has 0 spiro atoms. The van der Waals surface area contributed by atoms with Gasteiger partial charge in [-0.25, -0.2) is 0 Å². The van der Waals surface area contributed by atoms with Gasteiger partial charge in [-0.3, -0.25) is 9.59 Å². The predicted molar refractivity (Wildman–Crippen MR) is 90.5 cm³/mol. The second-order valence-corrected chi connectivity index (χ2v) is 5.92. The van der Waals surface area contributed by atoms with Crippen molar-refractivity contribution in [3.63, 3.8) is 0 Å². The normalized spacial score (nSPS) is 10.6. The molecule has 0 atom stereocenters. The van der Waals surface area contributed by atoms with Gasteiger partial charge in [0.2, 0.25) is 0 Å². The molecule has 1 aromatic carbocycles. The number of hydrogen-bond acceptors (Lipinski definition) is 3. The van der Waals surface area contributed by atoms with Gasteiger partial charge in [0.25, 0.3) is 11.5 Å². The molecule has 2 N–H and O–H groups in total. The molecule has 0 aliphatic carbocycles. The predicted octanol–water partition coefficient (Wildman–Crippen LogP) is 2.76. The molecule has 0 unspecified atom stereocenters. The lowest BCUT2D eigenvalue weighted by molar-refractivity contribution is 0.0950. The maximum atomic E-state index is 12.0. The highest BCUT2D eigenvalue weighted by atomic mass is 35.5. The molecule has 0 aliphatic heterocycles. The molecular formula is C16H16Cl2N2O3. The summed E-state index contributed by atoms with van der Waals surface area (Å²) >= 11 is 11.8. The van der Waals surface area contributed by atoms with Crippen LogP contribution >= 0.6 is 23.2 Å². The van der Waals surface area contributed by atoms with E-state index in [9.17, 15) is 14.7 Å². The summed E-state index contributed by atoms with van der Waals surface area (Å²) in [5, 5.41) is 13.4. The molecule has 5 nitrogen and oxygen atoms in total. The van der Waals surface area contributed by atoms with Crippen molar-refractivity contribution in [3.8, 4) is 5.75 Å². The Morgan fingerprint density at radius 2 is 2.00 bits per heavy atom. The Balaban J connectivity index is 1.89. The minimum Gasteiger partial charge on any atom is -0.502 e. The van der Waals surface area contributed by atoms with Gasteiger partial charge in [0.15, 0.2) is 5.75 Å². The highest BCUT2D eigenvalue weighted by Gasteiger charge is 2.14. The number of rotatable bonds is 5. The number of amides is 1. The van der Waals surface area contributed by atoms with E-state index in [-0.39, 0.29) is 5.56 Å². The third kappa shape index (κ3) is 4.27. The monoisotopic (exact) mass is 354 g/mol. The zero-order chi connectivity index (χ0) is 17.0. The van der Waals surface area contributed by atoms with E-state index in [1.54, 1.807) is 12.1 Å². The first-order chi connectivity index (χ1) is 10.9. The minimum absolute atomic E-state index is 0.0253. The maximum Gasteiger partial charge on any atom is 0.293 e. The molecule has 0 aliphatic rings. The van der Waals surface area contributed by atoms with E-state index in [2.05, 4.69) is 5.32 Å². The Labute approximate surface area is 143 Å². The number of aryl methyl sites for hydroxylation is 2. The van der Waals surface area contributed by atoms with Crippen LogP contribution in [0.2, 0.25) is 10.0 Å². The smallest absolute Gasteiger partial charge is 0.293 e. The molecule has 1 aromatic heterocycles. The van der Waals surface area contributed by atoms with Crippen LogP contribution in [0.5, 0.6) is 5.75 Å². The lowest BCUT2D eigenvalue weighted by Gasteiger charge is -2.08. The number of hydrogen-bond donors (Lipinski definition) is 2. The molecule has 2 aromatic rings. The summed E-state index contributed by atoms with van der Waals surface area (Å²) in [6.45, 7) is 0.410. The molecule has 2 rings (SSSR count). The van der Waals surface area contributed by atoms with E-state index in [4.69, 9.17) is 23.2 Å². The van der Waals surface area contributed by atoms with Gasteiger partial charge in [0.05, 0.1) is 15.6 Å². The average Bonchev–Trinajstić information content (AvgIpc) is 2.52. The zero-order valence-electron chi connectivity index (χ0n) is 12.5. The van der Waals surface area contributed by atoms with Gasteiger partial charge >= 0.3 is 0 Å². The first-order valence-electron chi connectivity index (χ1n) is 7.01. The van der Waals surface area contributed by atoms with Crippen molar-refractivity contribution in [3.05, 3.63) is 62.0 Å². The van der Waals surface area contributed by atoms with Gasteiger partial charge in [-0.05, 0) is 36.6 Å². The lowest BCUT2D eigenvalue weighted by Crippen LogP contribution is -2.27. The summed E-state index contributed by atoms with van der Waals surface area (Å²) in [7, 11) is 1.50. The number of aromatic nitrogens is 1. The van der Waals surface area contributed by atoms with Crippen LogP contribution in [-0.4, -0.2) is 22.1 Å². The van der Waals surface area contributed by atoms with Crippen molar-refractivity contribution in [2.75, 3.05) is 6.54 Å². The van der Waals surface area contributed by atoms with Gasteiger partial charge in [0, 0.05) is 19.8 Å². The van der Waals surface area contributed by atoms with Crippen LogP contribution in [0, 0.1) is 0 Å². The van der Waals surface area contributed by atoms with Crippen LogP contribution < -0.4 is 10.9 Å². The highest BCUT2D eigenvalue weighted by Crippen LogP contribution is 2.23. The van der Waals surface area contributed by atoms with Gasteiger partial charge in [-0.1, -0.05) is 29.3 Å². The molecule has 0 radical (unpaired) electrons. The van der Waals surface area contributed by atoms with E-state index in [1.807, 2.05) is 6.07 Å². The average molecular weight is 355 g/mol. The second kappa shape index (κ2) is 7.53.